The smallest absolute Gasteiger partial charge is 0.309 e. The summed E-state index contributed by atoms with van der Waals surface area (Å²) in [7, 11) is 0. The number of piperidine rings is 1. The highest BCUT2D eigenvalue weighted by atomic mass is 32.2. The molecule has 8 heteroatoms. The normalized spacial score (nSPS) is 21.3. The highest BCUT2D eigenvalue weighted by molar-refractivity contribution is 8.26. The number of esters is 1. The number of fused-ring (bicyclic) bond motifs is 1. The summed E-state index contributed by atoms with van der Waals surface area (Å²) in [5, 5.41) is 1.03. The van der Waals surface area contributed by atoms with Crippen molar-refractivity contribution in [1.29, 1.82) is 0 Å². The fraction of sp³-hybridized carbons (Fsp3) is 0.481. The number of para-hydroxylation sites is 1. The number of benzene rings is 1. The molecule has 5 rings (SSSR count). The molecule has 2 aromatic rings. The lowest BCUT2D eigenvalue weighted by atomic mass is 9.94. The fourth-order valence-corrected chi connectivity index (χ4v) is 6.74. The second-order valence-electron chi connectivity index (χ2n) is 9.45. The first-order valence-corrected chi connectivity index (χ1v) is 13.9. The monoisotopic (exact) mass is 509 g/mol. The number of anilines is 1. The number of hydrogen-bond donors (Lipinski definition) is 0. The average molecular weight is 510 g/mol. The molecule has 1 aromatic heterocycles. The molecule has 3 aliphatic rings. The predicted molar refractivity (Wildman–Crippen MR) is 145 cm³/mol. The Hall–Kier alpha value is -2.45. The third-order valence-corrected chi connectivity index (χ3v) is 8.53. The van der Waals surface area contributed by atoms with Crippen molar-refractivity contribution in [2.24, 2.45) is 5.92 Å². The SMILES string of the molecule is CCOC(=O)C1CCN(c2nc3ccccc3cc2/C=C2\SC(=S)N(C3CCCCC3)C2=O)CC1. The molecule has 0 spiro atoms. The number of thioether (sulfide) groups is 1. The van der Waals surface area contributed by atoms with Crippen LogP contribution in [0, 0.1) is 5.92 Å². The van der Waals surface area contributed by atoms with E-state index in [4.69, 9.17) is 21.9 Å². The van der Waals surface area contributed by atoms with Crippen LogP contribution >= 0.6 is 24.0 Å². The number of nitrogens with zero attached hydrogens (tertiary/aromatic N) is 3. The minimum Gasteiger partial charge on any atom is -0.466 e. The molecule has 2 saturated heterocycles. The zero-order valence-electron chi connectivity index (χ0n) is 20.1. The Morgan fingerprint density at radius 2 is 1.91 bits per heavy atom. The van der Waals surface area contributed by atoms with E-state index >= 15 is 0 Å². The molecule has 0 radical (unpaired) electrons. The summed E-state index contributed by atoms with van der Waals surface area (Å²) in [6, 6.07) is 10.4. The summed E-state index contributed by atoms with van der Waals surface area (Å²) < 4.78 is 5.90. The van der Waals surface area contributed by atoms with Gasteiger partial charge in [-0.2, -0.15) is 0 Å². The van der Waals surface area contributed by atoms with Crippen LogP contribution in [0.1, 0.15) is 57.4 Å². The predicted octanol–water partition coefficient (Wildman–Crippen LogP) is 5.55. The number of thiocarbonyl (C=S) groups is 1. The van der Waals surface area contributed by atoms with E-state index in [1.165, 1.54) is 18.2 Å². The first-order chi connectivity index (χ1) is 17.0. The first kappa shape index (κ1) is 24.3. The number of carbonyl (C=O) groups excluding carboxylic acids is 2. The molecule has 6 nitrogen and oxygen atoms in total. The van der Waals surface area contributed by atoms with Gasteiger partial charge in [-0.3, -0.25) is 14.5 Å². The van der Waals surface area contributed by atoms with Crippen molar-refractivity contribution in [1.82, 2.24) is 9.88 Å². The molecule has 3 fully saturated rings. The van der Waals surface area contributed by atoms with Gasteiger partial charge in [0.05, 0.1) is 22.9 Å². The zero-order valence-corrected chi connectivity index (χ0v) is 21.7. The lowest BCUT2D eigenvalue weighted by Gasteiger charge is -2.32. The number of carbonyl (C=O) groups is 2. The molecule has 1 aromatic carbocycles. The number of rotatable bonds is 5. The minimum absolute atomic E-state index is 0.0204. The molecule has 1 saturated carbocycles. The molecule has 2 aliphatic heterocycles. The quantitative estimate of drug-likeness (QED) is 0.298. The van der Waals surface area contributed by atoms with Gasteiger partial charge >= 0.3 is 5.97 Å². The molecule has 35 heavy (non-hydrogen) atoms. The molecular weight excluding hydrogens is 478 g/mol. The topological polar surface area (TPSA) is 62.7 Å². The Morgan fingerprint density at radius 3 is 2.66 bits per heavy atom. The maximum Gasteiger partial charge on any atom is 0.309 e. The fourth-order valence-electron chi connectivity index (χ4n) is 5.34. The van der Waals surface area contributed by atoms with Crippen LogP contribution in [-0.4, -0.2) is 51.8 Å². The van der Waals surface area contributed by atoms with E-state index in [1.54, 1.807) is 0 Å². The molecule has 0 atom stereocenters. The van der Waals surface area contributed by atoms with Gasteiger partial charge in [-0.05, 0) is 50.8 Å². The van der Waals surface area contributed by atoms with E-state index < -0.39 is 0 Å². The Morgan fingerprint density at radius 1 is 1.17 bits per heavy atom. The van der Waals surface area contributed by atoms with Crippen molar-refractivity contribution in [3.8, 4) is 0 Å². The lowest BCUT2D eigenvalue weighted by Crippen LogP contribution is -2.39. The molecule has 3 heterocycles. The summed E-state index contributed by atoms with van der Waals surface area (Å²) in [5.74, 6) is 0.702. The number of hydrogen-bond acceptors (Lipinski definition) is 7. The number of amides is 1. The Balaban J connectivity index is 1.44. The van der Waals surface area contributed by atoms with Crippen LogP contribution in [0.4, 0.5) is 5.82 Å². The van der Waals surface area contributed by atoms with Gasteiger partial charge in [0, 0.05) is 30.1 Å². The van der Waals surface area contributed by atoms with Crippen molar-refractivity contribution >= 4 is 63.0 Å². The van der Waals surface area contributed by atoms with E-state index in [9.17, 15) is 9.59 Å². The molecule has 0 bridgehead atoms. The van der Waals surface area contributed by atoms with Gasteiger partial charge in [0.1, 0.15) is 10.1 Å². The Labute approximate surface area is 216 Å². The highest BCUT2D eigenvalue weighted by Crippen LogP contribution is 2.39. The van der Waals surface area contributed by atoms with E-state index in [0.717, 1.165) is 73.9 Å². The van der Waals surface area contributed by atoms with Crippen LogP contribution in [-0.2, 0) is 14.3 Å². The second-order valence-corrected chi connectivity index (χ2v) is 11.1. The zero-order chi connectivity index (χ0) is 24.4. The van der Waals surface area contributed by atoms with E-state index in [2.05, 4.69) is 11.0 Å². The standard InChI is InChI=1S/C27H31N3O3S2/c1-2-33-26(32)18-12-14-29(15-13-18)24-20(16-19-8-6-7-11-22(19)28-24)17-23-25(31)30(27(34)35-23)21-9-4-3-5-10-21/h6-8,11,16-18,21H,2-5,9-10,12-15H2,1H3/b23-17-. The lowest BCUT2D eigenvalue weighted by molar-refractivity contribution is -0.148. The summed E-state index contributed by atoms with van der Waals surface area (Å²) in [6.45, 7) is 3.70. The van der Waals surface area contributed by atoms with Crippen LogP contribution in [0.25, 0.3) is 17.0 Å². The molecular formula is C27H31N3O3S2. The van der Waals surface area contributed by atoms with Crippen molar-refractivity contribution in [3.63, 3.8) is 0 Å². The maximum atomic E-state index is 13.4. The third kappa shape index (κ3) is 5.09. The van der Waals surface area contributed by atoms with E-state index in [-0.39, 0.29) is 23.8 Å². The summed E-state index contributed by atoms with van der Waals surface area (Å²) in [4.78, 5) is 35.4. The molecule has 1 aliphatic carbocycles. The average Bonchev–Trinajstić information content (AvgIpc) is 3.16. The molecule has 184 valence electrons. The molecule has 0 N–H and O–H groups in total. The summed E-state index contributed by atoms with van der Waals surface area (Å²) in [5.41, 5.74) is 1.84. The van der Waals surface area contributed by atoms with Crippen LogP contribution in [0.2, 0.25) is 0 Å². The largest absolute Gasteiger partial charge is 0.466 e. The van der Waals surface area contributed by atoms with Crippen molar-refractivity contribution in [2.75, 3.05) is 24.6 Å². The van der Waals surface area contributed by atoms with Gasteiger partial charge in [0.2, 0.25) is 0 Å². The molecule has 0 unspecified atom stereocenters. The highest BCUT2D eigenvalue weighted by Gasteiger charge is 2.38. The van der Waals surface area contributed by atoms with Gasteiger partial charge in [0.15, 0.2) is 0 Å². The van der Waals surface area contributed by atoms with Gasteiger partial charge in [0.25, 0.3) is 5.91 Å². The van der Waals surface area contributed by atoms with Crippen LogP contribution < -0.4 is 4.90 Å². The first-order valence-electron chi connectivity index (χ1n) is 12.6. The number of pyridine rings is 1. The summed E-state index contributed by atoms with van der Waals surface area (Å²) >= 11 is 7.05. The van der Waals surface area contributed by atoms with Crippen LogP contribution in [0.3, 0.4) is 0 Å². The number of ether oxygens (including phenoxy) is 1. The van der Waals surface area contributed by atoms with Crippen LogP contribution in [0.5, 0.6) is 0 Å². The van der Waals surface area contributed by atoms with Crippen LogP contribution in [0.15, 0.2) is 35.2 Å². The third-order valence-electron chi connectivity index (χ3n) is 7.20. The molecule has 1 amide bonds. The second kappa shape index (κ2) is 10.7. The van der Waals surface area contributed by atoms with Gasteiger partial charge in [-0.1, -0.05) is 61.4 Å². The van der Waals surface area contributed by atoms with Gasteiger partial charge in [-0.15, -0.1) is 0 Å². The van der Waals surface area contributed by atoms with Gasteiger partial charge in [-0.25, -0.2) is 4.98 Å². The Bertz CT molecular complexity index is 1170. The van der Waals surface area contributed by atoms with Gasteiger partial charge < -0.3 is 9.64 Å². The summed E-state index contributed by atoms with van der Waals surface area (Å²) in [6.07, 6.45) is 9.03. The van der Waals surface area contributed by atoms with Crippen molar-refractivity contribution < 1.29 is 14.3 Å². The Kier molecular flexibility index (Phi) is 7.39. The van der Waals surface area contributed by atoms with Crippen molar-refractivity contribution in [3.05, 3.63) is 40.8 Å². The minimum atomic E-state index is -0.106. The van der Waals surface area contributed by atoms with Crippen molar-refractivity contribution in [2.45, 2.75) is 57.9 Å². The number of aromatic nitrogens is 1. The maximum absolute atomic E-state index is 13.4. The van der Waals surface area contributed by atoms with E-state index in [1.807, 2.05) is 42.2 Å². The van der Waals surface area contributed by atoms with E-state index in [0.29, 0.717) is 15.8 Å².